The normalized spacial score (nSPS) is 16.1. The van der Waals surface area contributed by atoms with Crippen LogP contribution in [0.4, 0.5) is 17.2 Å². The minimum atomic E-state index is -0.0800. The number of carbonyl (C=O) groups excluding carboxylic acids is 1. The zero-order chi connectivity index (χ0) is 22.5. The lowest BCUT2D eigenvalue weighted by Crippen LogP contribution is -2.41. The number of anilines is 3. The van der Waals surface area contributed by atoms with E-state index >= 15 is 0 Å². The molecular weight excluding hydrogens is 402 g/mol. The smallest absolute Gasteiger partial charge is 0.229 e. The summed E-state index contributed by atoms with van der Waals surface area (Å²) in [6.07, 6.45) is 5.44. The third kappa shape index (κ3) is 4.74. The Hall–Kier alpha value is -3.42. The van der Waals surface area contributed by atoms with Crippen molar-refractivity contribution < 1.29 is 4.79 Å². The molecule has 1 fully saturated rings. The lowest BCUT2D eigenvalue weighted by atomic mass is 9.97. The molecule has 0 bridgehead atoms. The summed E-state index contributed by atoms with van der Waals surface area (Å²) in [6, 6.07) is 12.0. The van der Waals surface area contributed by atoms with Crippen LogP contribution in [0.15, 0.2) is 48.8 Å². The molecular formula is C24H31N7O. The summed E-state index contributed by atoms with van der Waals surface area (Å²) in [4.78, 5) is 21.6. The third-order valence-electron chi connectivity index (χ3n) is 6.09. The van der Waals surface area contributed by atoms with Crippen molar-refractivity contribution in [3.8, 4) is 5.82 Å². The van der Waals surface area contributed by atoms with Gasteiger partial charge in [0, 0.05) is 49.9 Å². The van der Waals surface area contributed by atoms with Gasteiger partial charge < -0.3 is 15.1 Å². The number of rotatable bonds is 7. The summed E-state index contributed by atoms with van der Waals surface area (Å²) in [7, 11) is 0. The van der Waals surface area contributed by atoms with Crippen molar-refractivity contribution >= 4 is 23.1 Å². The minimum Gasteiger partial charge on any atom is -0.372 e. The fraction of sp³-hybridized carbons (Fsp3) is 0.417. The molecule has 1 atom stereocenters. The van der Waals surface area contributed by atoms with E-state index in [0.29, 0.717) is 6.54 Å². The molecule has 1 unspecified atom stereocenters. The van der Waals surface area contributed by atoms with Crippen LogP contribution in [0.1, 0.15) is 32.5 Å². The Bertz CT molecular complexity index is 1030. The molecule has 1 aliphatic heterocycles. The van der Waals surface area contributed by atoms with Gasteiger partial charge in [0.2, 0.25) is 5.91 Å². The lowest BCUT2D eigenvalue weighted by Gasteiger charge is -2.32. The van der Waals surface area contributed by atoms with E-state index in [-0.39, 0.29) is 11.8 Å². The molecule has 4 rings (SSSR count). The number of hydrogen-bond acceptors (Lipinski definition) is 6. The van der Waals surface area contributed by atoms with Gasteiger partial charge in [0.1, 0.15) is 5.82 Å². The molecule has 8 nitrogen and oxygen atoms in total. The van der Waals surface area contributed by atoms with Crippen LogP contribution in [-0.4, -0.2) is 51.8 Å². The second kappa shape index (κ2) is 9.80. The average molecular weight is 434 g/mol. The van der Waals surface area contributed by atoms with Crippen LogP contribution in [-0.2, 0) is 4.79 Å². The van der Waals surface area contributed by atoms with Crippen LogP contribution in [0, 0.1) is 12.8 Å². The molecule has 0 radical (unpaired) electrons. The number of benzene rings is 1. The second-order valence-corrected chi connectivity index (χ2v) is 8.09. The van der Waals surface area contributed by atoms with Crippen LogP contribution >= 0.6 is 0 Å². The molecule has 2 aromatic heterocycles. The standard InChI is InChI=1S/C24H31N7O/c1-4-29(5-2)21-10-8-20(9-11-21)26-24(32)19-7-6-15-30(17-19)22-12-13-23(28-27-22)31-16-14-25-18(31)3/h8-14,16,19H,4-7,15,17H2,1-3H3,(H,26,32). The lowest BCUT2D eigenvalue weighted by molar-refractivity contribution is -0.120. The second-order valence-electron chi connectivity index (χ2n) is 8.09. The molecule has 3 heterocycles. The number of piperidine rings is 1. The van der Waals surface area contributed by atoms with Crippen molar-refractivity contribution in [1.29, 1.82) is 0 Å². The first-order chi connectivity index (χ1) is 15.6. The van der Waals surface area contributed by atoms with Crippen molar-refractivity contribution in [2.45, 2.75) is 33.6 Å². The van der Waals surface area contributed by atoms with Crippen molar-refractivity contribution in [3.05, 3.63) is 54.6 Å². The quantitative estimate of drug-likeness (QED) is 0.612. The van der Waals surface area contributed by atoms with Gasteiger partial charge in [-0.1, -0.05) is 0 Å². The van der Waals surface area contributed by atoms with Crippen LogP contribution in [0.2, 0.25) is 0 Å². The molecule has 8 heteroatoms. The van der Waals surface area contributed by atoms with E-state index in [1.165, 1.54) is 5.69 Å². The van der Waals surface area contributed by atoms with Gasteiger partial charge in [-0.15, -0.1) is 10.2 Å². The minimum absolute atomic E-state index is 0.0592. The first-order valence-electron chi connectivity index (χ1n) is 11.3. The van der Waals surface area contributed by atoms with Gasteiger partial charge in [0.15, 0.2) is 11.6 Å². The van der Waals surface area contributed by atoms with Crippen molar-refractivity contribution in [2.75, 3.05) is 41.3 Å². The van der Waals surface area contributed by atoms with Crippen molar-refractivity contribution in [3.63, 3.8) is 0 Å². The van der Waals surface area contributed by atoms with Crippen LogP contribution in [0.25, 0.3) is 5.82 Å². The molecule has 1 aromatic carbocycles. The average Bonchev–Trinajstić information content (AvgIpc) is 3.27. The van der Waals surface area contributed by atoms with E-state index in [2.05, 4.69) is 56.3 Å². The zero-order valence-electron chi connectivity index (χ0n) is 19.0. The highest BCUT2D eigenvalue weighted by Crippen LogP contribution is 2.24. The number of nitrogens with zero attached hydrogens (tertiary/aromatic N) is 6. The van der Waals surface area contributed by atoms with Gasteiger partial charge in [-0.2, -0.15) is 0 Å². The fourth-order valence-electron chi connectivity index (χ4n) is 4.22. The Morgan fingerprint density at radius 2 is 1.81 bits per heavy atom. The molecule has 0 aliphatic carbocycles. The first kappa shape index (κ1) is 21.8. The molecule has 0 spiro atoms. The Morgan fingerprint density at radius 3 is 2.44 bits per heavy atom. The molecule has 168 valence electrons. The topological polar surface area (TPSA) is 79.2 Å². The number of carbonyl (C=O) groups is 1. The summed E-state index contributed by atoms with van der Waals surface area (Å²) < 4.78 is 1.90. The van der Waals surface area contributed by atoms with Gasteiger partial charge >= 0.3 is 0 Å². The number of nitrogens with one attached hydrogen (secondary N) is 1. The highest BCUT2D eigenvalue weighted by Gasteiger charge is 2.27. The van der Waals surface area contributed by atoms with E-state index in [0.717, 1.165) is 55.6 Å². The maximum absolute atomic E-state index is 12.9. The first-order valence-corrected chi connectivity index (χ1v) is 11.3. The number of aryl methyl sites for hydroxylation is 1. The summed E-state index contributed by atoms with van der Waals surface area (Å²) in [6.45, 7) is 9.66. The molecule has 1 N–H and O–H groups in total. The summed E-state index contributed by atoms with van der Waals surface area (Å²) >= 11 is 0. The maximum atomic E-state index is 12.9. The predicted octanol–water partition coefficient (Wildman–Crippen LogP) is 3.67. The zero-order valence-corrected chi connectivity index (χ0v) is 19.0. The summed E-state index contributed by atoms with van der Waals surface area (Å²) in [5, 5.41) is 11.9. The number of imidazole rings is 1. The van der Waals surface area contributed by atoms with E-state index < -0.39 is 0 Å². The maximum Gasteiger partial charge on any atom is 0.229 e. The van der Waals surface area contributed by atoms with Crippen LogP contribution in [0.3, 0.4) is 0 Å². The molecule has 1 amide bonds. The highest BCUT2D eigenvalue weighted by atomic mass is 16.1. The SMILES string of the molecule is CCN(CC)c1ccc(NC(=O)C2CCCN(c3ccc(-n4ccnc4C)nn3)C2)cc1. The Kier molecular flexibility index (Phi) is 6.68. The largest absolute Gasteiger partial charge is 0.372 e. The molecule has 1 aliphatic rings. The fourth-order valence-corrected chi connectivity index (χ4v) is 4.22. The van der Waals surface area contributed by atoms with Gasteiger partial charge in [-0.05, 0) is 70.0 Å². The third-order valence-corrected chi connectivity index (χ3v) is 6.09. The van der Waals surface area contributed by atoms with Crippen molar-refractivity contribution in [2.24, 2.45) is 5.92 Å². The van der Waals surface area contributed by atoms with Crippen molar-refractivity contribution in [1.82, 2.24) is 19.7 Å². The van der Waals surface area contributed by atoms with E-state index in [4.69, 9.17) is 0 Å². The van der Waals surface area contributed by atoms with Gasteiger partial charge in [0.25, 0.3) is 0 Å². The summed E-state index contributed by atoms with van der Waals surface area (Å²) in [5.74, 6) is 2.38. The summed E-state index contributed by atoms with van der Waals surface area (Å²) in [5.41, 5.74) is 2.01. The van der Waals surface area contributed by atoms with Gasteiger partial charge in [0.05, 0.1) is 5.92 Å². The van der Waals surface area contributed by atoms with Crippen LogP contribution < -0.4 is 15.1 Å². The van der Waals surface area contributed by atoms with E-state index in [9.17, 15) is 4.79 Å². The van der Waals surface area contributed by atoms with E-state index in [1.807, 2.05) is 42.0 Å². The number of amides is 1. The Morgan fingerprint density at radius 1 is 1.09 bits per heavy atom. The molecule has 3 aromatic rings. The Balaban J connectivity index is 1.38. The predicted molar refractivity (Wildman–Crippen MR) is 127 cm³/mol. The van der Waals surface area contributed by atoms with E-state index in [1.54, 1.807) is 6.20 Å². The van der Waals surface area contributed by atoms with Gasteiger partial charge in [-0.3, -0.25) is 9.36 Å². The number of hydrogen-bond donors (Lipinski definition) is 1. The monoisotopic (exact) mass is 433 g/mol. The highest BCUT2D eigenvalue weighted by molar-refractivity contribution is 5.93. The number of aromatic nitrogens is 4. The molecule has 1 saturated heterocycles. The Labute approximate surface area is 189 Å². The molecule has 32 heavy (non-hydrogen) atoms. The van der Waals surface area contributed by atoms with Crippen LogP contribution in [0.5, 0.6) is 0 Å². The molecule has 0 saturated carbocycles. The van der Waals surface area contributed by atoms with Gasteiger partial charge in [-0.25, -0.2) is 4.98 Å².